The first-order valence-corrected chi connectivity index (χ1v) is 11.9. The smallest absolute Gasteiger partial charge is 0.410 e. The van der Waals surface area contributed by atoms with Crippen LogP contribution in [0.15, 0.2) is 30.3 Å². The van der Waals surface area contributed by atoms with Crippen LogP contribution in [0.1, 0.15) is 57.9 Å². The number of likely N-dealkylation sites (tertiary alicyclic amines) is 1. The number of rotatable bonds is 9. The van der Waals surface area contributed by atoms with Crippen molar-refractivity contribution < 1.29 is 19.1 Å². The number of nitrogens with zero attached hydrogens (tertiary/aromatic N) is 1. The van der Waals surface area contributed by atoms with Crippen LogP contribution in [0.5, 0.6) is 0 Å². The predicted octanol–water partition coefficient (Wildman–Crippen LogP) is 3.23. The maximum Gasteiger partial charge on any atom is 0.410 e. The molecule has 1 heterocycles. The largest absolute Gasteiger partial charge is 0.445 e. The second kappa shape index (κ2) is 9.51. The molecule has 7 nitrogen and oxygen atoms in total. The quantitative estimate of drug-likeness (QED) is 0.616. The second-order valence-corrected chi connectivity index (χ2v) is 9.96. The highest BCUT2D eigenvalue weighted by Crippen LogP contribution is 2.38. The Hall–Kier alpha value is -2.57. The van der Waals surface area contributed by atoms with Gasteiger partial charge in [0.2, 0.25) is 11.8 Å². The molecule has 174 valence electrons. The lowest BCUT2D eigenvalue weighted by atomic mass is 9.81. The van der Waals surface area contributed by atoms with E-state index in [9.17, 15) is 14.4 Å². The average Bonchev–Trinajstić information content (AvgIpc) is 3.69. The molecule has 32 heavy (non-hydrogen) atoms. The van der Waals surface area contributed by atoms with E-state index in [1.807, 2.05) is 44.2 Å². The maximum atomic E-state index is 13.4. The van der Waals surface area contributed by atoms with Crippen molar-refractivity contribution in [3.8, 4) is 0 Å². The summed E-state index contributed by atoms with van der Waals surface area (Å²) in [5.41, 5.74) is -0.00168. The van der Waals surface area contributed by atoms with Crippen molar-refractivity contribution in [2.24, 2.45) is 17.3 Å². The van der Waals surface area contributed by atoms with Crippen LogP contribution >= 0.6 is 0 Å². The molecule has 1 aliphatic heterocycles. The number of benzene rings is 1. The van der Waals surface area contributed by atoms with Gasteiger partial charge in [0.15, 0.2) is 0 Å². The van der Waals surface area contributed by atoms with Crippen molar-refractivity contribution in [1.29, 1.82) is 0 Å². The molecular weight excluding hydrogens is 406 g/mol. The molecule has 1 aromatic carbocycles. The Balaban J connectivity index is 1.39. The average molecular weight is 442 g/mol. The Morgan fingerprint density at radius 2 is 1.66 bits per heavy atom. The van der Waals surface area contributed by atoms with E-state index in [1.165, 1.54) is 0 Å². The number of hydrogen-bond acceptors (Lipinski definition) is 4. The summed E-state index contributed by atoms with van der Waals surface area (Å²) in [6.07, 6.45) is 4.67. The zero-order chi connectivity index (χ0) is 22.7. The molecule has 1 saturated heterocycles. The van der Waals surface area contributed by atoms with Crippen LogP contribution in [-0.2, 0) is 20.9 Å². The van der Waals surface area contributed by atoms with E-state index < -0.39 is 11.5 Å². The Morgan fingerprint density at radius 1 is 1.03 bits per heavy atom. The van der Waals surface area contributed by atoms with E-state index in [2.05, 4.69) is 10.6 Å². The highest BCUT2D eigenvalue weighted by Gasteiger charge is 2.49. The van der Waals surface area contributed by atoms with Gasteiger partial charge in [-0.15, -0.1) is 0 Å². The molecular formula is C25H35N3O4. The summed E-state index contributed by atoms with van der Waals surface area (Å²) in [6.45, 7) is 4.85. The third-order valence-electron chi connectivity index (χ3n) is 7.20. The molecule has 2 aliphatic carbocycles. The molecule has 4 rings (SSSR count). The van der Waals surface area contributed by atoms with Gasteiger partial charge in [-0.25, -0.2) is 4.79 Å². The second-order valence-electron chi connectivity index (χ2n) is 9.96. The number of carbonyl (C=O) groups is 3. The molecule has 2 N–H and O–H groups in total. The topological polar surface area (TPSA) is 87.7 Å². The monoisotopic (exact) mass is 441 g/mol. The fraction of sp³-hybridized carbons (Fsp3) is 0.640. The zero-order valence-electron chi connectivity index (χ0n) is 19.1. The zero-order valence-corrected chi connectivity index (χ0v) is 19.1. The highest BCUT2D eigenvalue weighted by molar-refractivity contribution is 5.90. The molecule has 3 fully saturated rings. The van der Waals surface area contributed by atoms with Crippen molar-refractivity contribution in [3.05, 3.63) is 35.9 Å². The predicted molar refractivity (Wildman–Crippen MR) is 121 cm³/mol. The summed E-state index contributed by atoms with van der Waals surface area (Å²) >= 11 is 0. The minimum Gasteiger partial charge on any atom is -0.445 e. The maximum absolute atomic E-state index is 13.4. The number of carbonyl (C=O) groups excluding carboxylic acids is 3. The lowest BCUT2D eigenvalue weighted by molar-refractivity contribution is -0.136. The first-order chi connectivity index (χ1) is 15.4. The van der Waals surface area contributed by atoms with Gasteiger partial charge >= 0.3 is 6.09 Å². The molecule has 1 aromatic rings. The SMILES string of the molecule is C[C@H](NC(=O)C[C@]1(C(=O)N[C@@H](C)C2CC2)CCN(C(=O)OCc2ccccc2)C1)C1CC1. The summed E-state index contributed by atoms with van der Waals surface area (Å²) in [5, 5.41) is 6.21. The molecule has 0 aromatic heterocycles. The fourth-order valence-electron chi connectivity index (χ4n) is 4.65. The summed E-state index contributed by atoms with van der Waals surface area (Å²) in [5.74, 6) is 0.835. The van der Waals surface area contributed by atoms with E-state index >= 15 is 0 Å². The van der Waals surface area contributed by atoms with Gasteiger partial charge < -0.3 is 20.3 Å². The Kier molecular flexibility index (Phi) is 6.72. The standard InChI is InChI=1S/C25H35N3O4/c1-17(20-8-9-20)26-22(29)14-25(23(30)27-18(2)21-10-11-21)12-13-28(16-25)24(31)32-15-19-6-4-3-5-7-19/h3-7,17-18,20-21H,8-16H2,1-2H3,(H,26,29)(H,27,30)/t17-,18-,25+/m0/s1. The minimum absolute atomic E-state index is 0.0897. The van der Waals surface area contributed by atoms with E-state index in [4.69, 9.17) is 4.74 Å². The number of ether oxygens (including phenoxy) is 1. The van der Waals surface area contributed by atoms with Crippen LogP contribution in [0.25, 0.3) is 0 Å². The molecule has 7 heteroatoms. The summed E-state index contributed by atoms with van der Waals surface area (Å²) in [7, 11) is 0. The van der Waals surface area contributed by atoms with Crippen LogP contribution in [0.4, 0.5) is 4.79 Å². The third-order valence-corrected chi connectivity index (χ3v) is 7.20. The van der Waals surface area contributed by atoms with Crippen molar-refractivity contribution in [3.63, 3.8) is 0 Å². The van der Waals surface area contributed by atoms with Gasteiger partial charge in [-0.05, 0) is 63.4 Å². The van der Waals surface area contributed by atoms with Gasteiger partial charge in [0, 0.05) is 31.6 Å². The van der Waals surface area contributed by atoms with Gasteiger partial charge in [0.05, 0.1) is 5.41 Å². The van der Waals surface area contributed by atoms with Gasteiger partial charge in [0.1, 0.15) is 6.61 Å². The van der Waals surface area contributed by atoms with Gasteiger partial charge in [-0.1, -0.05) is 30.3 Å². The van der Waals surface area contributed by atoms with Gasteiger partial charge in [0.25, 0.3) is 0 Å². The van der Waals surface area contributed by atoms with Crippen LogP contribution < -0.4 is 10.6 Å². The van der Waals surface area contributed by atoms with Gasteiger partial charge in [-0.2, -0.15) is 0 Å². The highest BCUT2D eigenvalue weighted by atomic mass is 16.6. The van der Waals surface area contributed by atoms with Crippen LogP contribution in [0, 0.1) is 17.3 Å². The molecule has 2 saturated carbocycles. The Morgan fingerprint density at radius 3 is 2.28 bits per heavy atom. The third kappa shape index (κ3) is 5.61. The fourth-order valence-corrected chi connectivity index (χ4v) is 4.65. The summed E-state index contributed by atoms with van der Waals surface area (Å²) in [4.78, 5) is 40.5. The normalized spacial score (nSPS) is 24.5. The lowest BCUT2D eigenvalue weighted by Gasteiger charge is -2.30. The van der Waals surface area contributed by atoms with Crippen LogP contribution in [0.3, 0.4) is 0 Å². The van der Waals surface area contributed by atoms with Crippen molar-refractivity contribution in [1.82, 2.24) is 15.5 Å². The Bertz CT molecular complexity index is 837. The van der Waals surface area contributed by atoms with Crippen molar-refractivity contribution in [2.75, 3.05) is 13.1 Å². The Labute approximate surface area is 190 Å². The van der Waals surface area contributed by atoms with Crippen molar-refractivity contribution >= 4 is 17.9 Å². The molecule has 3 amide bonds. The van der Waals surface area contributed by atoms with Crippen LogP contribution in [-0.4, -0.2) is 48.0 Å². The minimum atomic E-state index is -0.914. The molecule has 3 aliphatic rings. The lowest BCUT2D eigenvalue weighted by Crippen LogP contribution is -2.50. The van der Waals surface area contributed by atoms with Crippen molar-refractivity contribution in [2.45, 2.75) is 71.1 Å². The molecule has 3 atom stereocenters. The number of amides is 3. The molecule has 0 radical (unpaired) electrons. The summed E-state index contributed by atoms with van der Waals surface area (Å²) < 4.78 is 5.48. The first kappa shape index (κ1) is 22.6. The van der Waals surface area contributed by atoms with Gasteiger partial charge in [-0.3, -0.25) is 9.59 Å². The molecule has 0 spiro atoms. The van der Waals surface area contributed by atoms with E-state index in [1.54, 1.807) is 4.90 Å². The first-order valence-electron chi connectivity index (χ1n) is 11.9. The van der Waals surface area contributed by atoms with E-state index in [0.29, 0.717) is 24.8 Å². The molecule has 0 bridgehead atoms. The van der Waals surface area contributed by atoms with Crippen LogP contribution in [0.2, 0.25) is 0 Å². The summed E-state index contributed by atoms with van der Waals surface area (Å²) in [6, 6.07) is 9.73. The number of nitrogens with one attached hydrogen (secondary N) is 2. The molecule has 0 unspecified atom stereocenters. The number of hydrogen-bond donors (Lipinski definition) is 2. The van der Waals surface area contributed by atoms with E-state index in [0.717, 1.165) is 31.2 Å². The van der Waals surface area contributed by atoms with E-state index in [-0.39, 0.29) is 43.5 Å².